The number of esters is 1. The van der Waals surface area contributed by atoms with Crippen LogP contribution in [0.1, 0.15) is 10.4 Å². The lowest BCUT2D eigenvalue weighted by Crippen LogP contribution is -2.00. The first kappa shape index (κ1) is 12.2. The van der Waals surface area contributed by atoms with Crippen molar-refractivity contribution in [2.45, 2.75) is 0 Å². The van der Waals surface area contributed by atoms with Crippen molar-refractivity contribution >= 4 is 43.4 Å². The van der Waals surface area contributed by atoms with E-state index in [2.05, 4.69) is 34.1 Å². The van der Waals surface area contributed by atoms with Crippen molar-refractivity contribution in [2.75, 3.05) is 7.11 Å². The lowest BCUT2D eigenvalue weighted by Gasteiger charge is -2.08. The Morgan fingerprint density at radius 3 is 2.47 bits per heavy atom. The Labute approximate surface area is 119 Å². The summed E-state index contributed by atoms with van der Waals surface area (Å²) in [6.45, 7) is 0. The van der Waals surface area contributed by atoms with Crippen LogP contribution < -0.4 is 0 Å². The molecule has 0 N–H and O–H groups in total. The monoisotopic (exact) mass is 314 g/mol. The van der Waals surface area contributed by atoms with E-state index in [4.69, 9.17) is 4.74 Å². The lowest BCUT2D eigenvalue weighted by atomic mass is 10.00. The number of carbonyl (C=O) groups excluding carboxylic acids is 1. The van der Waals surface area contributed by atoms with Crippen LogP contribution in [0.4, 0.5) is 0 Å². The summed E-state index contributed by atoms with van der Waals surface area (Å²) in [5.41, 5.74) is 0.572. The van der Waals surface area contributed by atoms with Gasteiger partial charge in [0.25, 0.3) is 0 Å². The molecule has 19 heavy (non-hydrogen) atoms. The highest BCUT2D eigenvalue weighted by Crippen LogP contribution is 2.32. The Morgan fingerprint density at radius 1 is 1.00 bits per heavy atom. The molecule has 0 saturated carbocycles. The molecular weight excluding hydrogens is 304 g/mol. The van der Waals surface area contributed by atoms with Crippen LogP contribution in [0.5, 0.6) is 0 Å². The summed E-state index contributed by atoms with van der Waals surface area (Å²) in [6.07, 6.45) is 0. The highest BCUT2D eigenvalue weighted by Gasteiger charge is 2.09. The van der Waals surface area contributed by atoms with Crippen LogP contribution in [0.2, 0.25) is 0 Å². The van der Waals surface area contributed by atoms with E-state index in [1.54, 1.807) is 6.07 Å². The molecular formula is C16H11BrO2. The molecule has 0 fully saturated rings. The minimum Gasteiger partial charge on any atom is -0.465 e. The van der Waals surface area contributed by atoms with Gasteiger partial charge in [-0.25, -0.2) is 4.79 Å². The van der Waals surface area contributed by atoms with E-state index in [1.807, 2.05) is 24.3 Å². The van der Waals surface area contributed by atoms with E-state index in [0.29, 0.717) is 5.56 Å². The minimum atomic E-state index is -0.311. The third kappa shape index (κ3) is 2.00. The number of methoxy groups -OCH3 is 1. The molecule has 3 heteroatoms. The molecule has 0 atom stereocenters. The van der Waals surface area contributed by atoms with Crippen LogP contribution in [-0.4, -0.2) is 13.1 Å². The average Bonchev–Trinajstić information content (AvgIpc) is 2.46. The topological polar surface area (TPSA) is 26.3 Å². The number of halogens is 1. The van der Waals surface area contributed by atoms with Gasteiger partial charge in [0.05, 0.1) is 12.7 Å². The molecule has 0 amide bonds. The Hall–Kier alpha value is -1.87. The Bertz CT molecular complexity index is 793. The molecule has 0 aliphatic heterocycles. The predicted molar refractivity (Wildman–Crippen MR) is 80.5 cm³/mol. The van der Waals surface area contributed by atoms with Crippen LogP contribution >= 0.6 is 15.9 Å². The van der Waals surface area contributed by atoms with E-state index >= 15 is 0 Å². The lowest BCUT2D eigenvalue weighted by molar-refractivity contribution is 0.0601. The summed E-state index contributed by atoms with van der Waals surface area (Å²) >= 11 is 3.59. The maximum absolute atomic E-state index is 11.6. The first-order valence-electron chi connectivity index (χ1n) is 5.90. The van der Waals surface area contributed by atoms with Crippen molar-refractivity contribution in [1.29, 1.82) is 0 Å². The second-order valence-corrected chi connectivity index (χ2v) is 5.19. The quantitative estimate of drug-likeness (QED) is 0.487. The second-order valence-electron chi connectivity index (χ2n) is 4.33. The fourth-order valence-electron chi connectivity index (χ4n) is 2.30. The molecule has 0 radical (unpaired) electrons. The number of hydrogen-bond acceptors (Lipinski definition) is 2. The molecule has 0 heterocycles. The fraction of sp³-hybridized carbons (Fsp3) is 0.0625. The molecule has 0 bridgehead atoms. The summed E-state index contributed by atoms with van der Waals surface area (Å²) in [5.74, 6) is -0.311. The molecule has 3 rings (SSSR count). The van der Waals surface area contributed by atoms with Crippen LogP contribution in [0, 0.1) is 0 Å². The molecule has 0 spiro atoms. The van der Waals surface area contributed by atoms with E-state index in [0.717, 1.165) is 26.0 Å². The second kappa shape index (κ2) is 4.67. The third-order valence-electron chi connectivity index (χ3n) is 3.23. The fourth-order valence-corrected chi connectivity index (χ4v) is 2.89. The first-order valence-corrected chi connectivity index (χ1v) is 6.69. The minimum absolute atomic E-state index is 0.311. The smallest absolute Gasteiger partial charge is 0.337 e. The van der Waals surface area contributed by atoms with E-state index < -0.39 is 0 Å². The Balaban J connectivity index is 2.41. The van der Waals surface area contributed by atoms with Gasteiger partial charge < -0.3 is 4.74 Å². The molecule has 94 valence electrons. The van der Waals surface area contributed by atoms with Crippen molar-refractivity contribution in [3.8, 4) is 0 Å². The highest BCUT2D eigenvalue weighted by atomic mass is 79.9. The van der Waals surface area contributed by atoms with E-state index in [-0.39, 0.29) is 5.97 Å². The van der Waals surface area contributed by atoms with Crippen molar-refractivity contribution in [1.82, 2.24) is 0 Å². The van der Waals surface area contributed by atoms with Gasteiger partial charge in [-0.3, -0.25) is 0 Å². The molecule has 0 saturated heterocycles. The van der Waals surface area contributed by atoms with Crippen molar-refractivity contribution in [3.05, 3.63) is 58.6 Å². The van der Waals surface area contributed by atoms with Gasteiger partial charge in [-0.15, -0.1) is 0 Å². The van der Waals surface area contributed by atoms with Gasteiger partial charge in [0.2, 0.25) is 0 Å². The Kier molecular flexibility index (Phi) is 2.99. The SMILES string of the molecule is COC(=O)c1ccc2cc(Br)c3ccccc3c2c1. The summed E-state index contributed by atoms with van der Waals surface area (Å²) < 4.78 is 5.83. The molecule has 3 aromatic carbocycles. The molecule has 3 aromatic rings. The highest BCUT2D eigenvalue weighted by molar-refractivity contribution is 9.10. The van der Waals surface area contributed by atoms with Crippen LogP contribution in [0.25, 0.3) is 21.5 Å². The molecule has 0 aliphatic rings. The van der Waals surface area contributed by atoms with Gasteiger partial charge in [0.1, 0.15) is 0 Å². The first-order chi connectivity index (χ1) is 9.20. The number of hydrogen-bond donors (Lipinski definition) is 0. The number of ether oxygens (including phenoxy) is 1. The summed E-state index contributed by atoms with van der Waals surface area (Å²) in [6, 6.07) is 15.8. The molecule has 2 nitrogen and oxygen atoms in total. The number of carbonyl (C=O) groups is 1. The van der Waals surface area contributed by atoms with E-state index in [1.165, 1.54) is 7.11 Å². The Morgan fingerprint density at radius 2 is 1.74 bits per heavy atom. The largest absolute Gasteiger partial charge is 0.465 e. The van der Waals surface area contributed by atoms with Gasteiger partial charge in [-0.2, -0.15) is 0 Å². The molecule has 0 aromatic heterocycles. The summed E-state index contributed by atoms with van der Waals surface area (Å²) in [4.78, 5) is 11.6. The van der Waals surface area contributed by atoms with Crippen LogP contribution in [0.15, 0.2) is 53.0 Å². The van der Waals surface area contributed by atoms with Crippen LogP contribution in [0.3, 0.4) is 0 Å². The maximum atomic E-state index is 11.6. The maximum Gasteiger partial charge on any atom is 0.337 e. The van der Waals surface area contributed by atoms with Gasteiger partial charge >= 0.3 is 5.97 Å². The average molecular weight is 315 g/mol. The van der Waals surface area contributed by atoms with Crippen molar-refractivity contribution < 1.29 is 9.53 Å². The van der Waals surface area contributed by atoms with Gasteiger partial charge in [-0.1, -0.05) is 46.3 Å². The molecule has 0 unspecified atom stereocenters. The van der Waals surface area contributed by atoms with Gasteiger partial charge in [0.15, 0.2) is 0 Å². The zero-order valence-electron chi connectivity index (χ0n) is 10.3. The normalized spacial score (nSPS) is 10.8. The van der Waals surface area contributed by atoms with Crippen molar-refractivity contribution in [3.63, 3.8) is 0 Å². The number of rotatable bonds is 1. The predicted octanol–water partition coefficient (Wildman–Crippen LogP) is 4.54. The summed E-state index contributed by atoms with van der Waals surface area (Å²) in [7, 11) is 1.40. The zero-order valence-corrected chi connectivity index (χ0v) is 11.9. The van der Waals surface area contributed by atoms with Gasteiger partial charge in [0, 0.05) is 4.47 Å². The zero-order chi connectivity index (χ0) is 13.4. The van der Waals surface area contributed by atoms with E-state index in [9.17, 15) is 4.79 Å². The third-order valence-corrected chi connectivity index (χ3v) is 3.89. The van der Waals surface area contributed by atoms with Crippen molar-refractivity contribution in [2.24, 2.45) is 0 Å². The summed E-state index contributed by atoms with van der Waals surface area (Å²) in [5, 5.41) is 4.41. The van der Waals surface area contributed by atoms with Gasteiger partial charge in [-0.05, 0) is 39.7 Å². The number of fused-ring (bicyclic) bond motifs is 3. The molecule has 0 aliphatic carbocycles. The van der Waals surface area contributed by atoms with Crippen LogP contribution in [-0.2, 0) is 4.74 Å². The standard InChI is InChI=1S/C16H11BrO2/c1-19-16(18)11-7-6-10-9-15(17)13-5-3-2-4-12(13)14(10)8-11/h2-9H,1H3. The number of benzene rings is 3.